The van der Waals surface area contributed by atoms with Gasteiger partial charge in [0.2, 0.25) is 0 Å². The number of hydrogen-bond acceptors (Lipinski definition) is 3. The van der Waals surface area contributed by atoms with E-state index in [-0.39, 0.29) is 0 Å². The van der Waals surface area contributed by atoms with E-state index in [4.69, 9.17) is 4.74 Å². The summed E-state index contributed by atoms with van der Waals surface area (Å²) in [7, 11) is 0. The van der Waals surface area contributed by atoms with Crippen molar-refractivity contribution in [2.24, 2.45) is 0 Å². The third-order valence-corrected chi connectivity index (χ3v) is 3.47. The number of benzene rings is 2. The molecule has 0 bridgehead atoms. The van der Waals surface area contributed by atoms with Crippen LogP contribution >= 0.6 is 0 Å². The molecule has 0 heterocycles. The van der Waals surface area contributed by atoms with Gasteiger partial charge in [0.05, 0.1) is 6.61 Å². The number of nitrogens with zero attached hydrogens (tertiary/aromatic N) is 1. The topological polar surface area (TPSA) is 32.7 Å². The molecule has 3 heteroatoms. The number of para-hydroxylation sites is 2. The Balaban J connectivity index is 2.15. The molecule has 1 atom stereocenters. The van der Waals surface area contributed by atoms with Gasteiger partial charge in [0.25, 0.3) is 0 Å². The van der Waals surface area contributed by atoms with Crippen LogP contribution < -0.4 is 9.64 Å². The van der Waals surface area contributed by atoms with E-state index in [2.05, 4.69) is 24.0 Å². The van der Waals surface area contributed by atoms with Crippen LogP contribution in [0.4, 0.5) is 5.69 Å². The molecule has 0 fully saturated rings. The van der Waals surface area contributed by atoms with Crippen LogP contribution in [0.15, 0.2) is 54.6 Å². The first-order valence-corrected chi connectivity index (χ1v) is 7.46. The van der Waals surface area contributed by atoms with Crippen LogP contribution in [-0.2, 0) is 0 Å². The molecule has 0 aromatic heterocycles. The second-order valence-corrected chi connectivity index (χ2v) is 4.86. The summed E-state index contributed by atoms with van der Waals surface area (Å²) in [4.78, 5) is 2.16. The lowest BCUT2D eigenvalue weighted by atomic mass is 10.1. The molecule has 1 unspecified atom stereocenters. The third-order valence-electron chi connectivity index (χ3n) is 3.47. The van der Waals surface area contributed by atoms with E-state index >= 15 is 0 Å². The Kier molecular flexibility index (Phi) is 5.64. The smallest absolute Gasteiger partial charge is 0.125 e. The maximum Gasteiger partial charge on any atom is 0.125 e. The standard InChI is InChI=1S/C18H23NO2/c1-3-19(15-10-6-5-7-11-15)14-17(20)16-12-8-9-13-18(16)21-4-2/h5-13,17,20H,3-4,14H2,1-2H3. The number of aliphatic hydroxyl groups is 1. The van der Waals surface area contributed by atoms with Gasteiger partial charge in [0.1, 0.15) is 11.9 Å². The Morgan fingerprint density at radius 1 is 1.00 bits per heavy atom. The lowest BCUT2D eigenvalue weighted by molar-refractivity contribution is 0.177. The van der Waals surface area contributed by atoms with E-state index in [0.29, 0.717) is 13.2 Å². The zero-order valence-electron chi connectivity index (χ0n) is 12.7. The lowest BCUT2D eigenvalue weighted by Crippen LogP contribution is -2.28. The van der Waals surface area contributed by atoms with Crippen molar-refractivity contribution in [2.75, 3.05) is 24.6 Å². The minimum absolute atomic E-state index is 0.546. The fourth-order valence-corrected chi connectivity index (χ4v) is 2.41. The number of ether oxygens (including phenoxy) is 1. The largest absolute Gasteiger partial charge is 0.493 e. The van der Waals surface area contributed by atoms with Gasteiger partial charge in [-0.1, -0.05) is 36.4 Å². The average Bonchev–Trinajstić information content (AvgIpc) is 2.54. The average molecular weight is 285 g/mol. The molecule has 1 N–H and O–H groups in total. The van der Waals surface area contributed by atoms with E-state index in [1.807, 2.05) is 49.4 Å². The zero-order valence-corrected chi connectivity index (χ0v) is 12.7. The van der Waals surface area contributed by atoms with Crippen molar-refractivity contribution in [3.63, 3.8) is 0 Å². The van der Waals surface area contributed by atoms with Crippen LogP contribution in [-0.4, -0.2) is 24.8 Å². The monoisotopic (exact) mass is 285 g/mol. The molecule has 0 amide bonds. The van der Waals surface area contributed by atoms with Gasteiger partial charge in [-0.05, 0) is 32.0 Å². The Morgan fingerprint density at radius 2 is 1.67 bits per heavy atom. The molecular formula is C18H23NO2. The fraction of sp³-hybridized carbons (Fsp3) is 0.333. The predicted molar refractivity (Wildman–Crippen MR) is 86.9 cm³/mol. The van der Waals surface area contributed by atoms with Gasteiger partial charge in [0, 0.05) is 24.3 Å². The zero-order chi connectivity index (χ0) is 15.1. The number of anilines is 1. The number of aliphatic hydroxyl groups excluding tert-OH is 1. The minimum Gasteiger partial charge on any atom is -0.493 e. The highest BCUT2D eigenvalue weighted by atomic mass is 16.5. The summed E-state index contributed by atoms with van der Waals surface area (Å²) in [5.74, 6) is 0.761. The Bertz CT molecular complexity index is 542. The van der Waals surface area contributed by atoms with Crippen molar-refractivity contribution < 1.29 is 9.84 Å². The Labute approximate surface area is 126 Å². The van der Waals surface area contributed by atoms with Crippen LogP contribution in [0.5, 0.6) is 5.75 Å². The van der Waals surface area contributed by atoms with Crippen molar-refractivity contribution in [1.29, 1.82) is 0 Å². The van der Waals surface area contributed by atoms with Crippen molar-refractivity contribution in [3.05, 3.63) is 60.2 Å². The van der Waals surface area contributed by atoms with Crippen molar-refractivity contribution in [3.8, 4) is 5.75 Å². The highest BCUT2D eigenvalue weighted by Gasteiger charge is 2.16. The Hall–Kier alpha value is -2.00. The van der Waals surface area contributed by atoms with Crippen LogP contribution in [0.1, 0.15) is 25.5 Å². The van der Waals surface area contributed by atoms with Gasteiger partial charge < -0.3 is 14.7 Å². The van der Waals surface area contributed by atoms with Gasteiger partial charge in [-0.25, -0.2) is 0 Å². The molecule has 0 radical (unpaired) electrons. The van der Waals surface area contributed by atoms with Crippen molar-refractivity contribution >= 4 is 5.69 Å². The summed E-state index contributed by atoms with van der Waals surface area (Å²) in [6, 6.07) is 17.8. The maximum atomic E-state index is 10.6. The van der Waals surface area contributed by atoms with Crippen molar-refractivity contribution in [1.82, 2.24) is 0 Å². The third kappa shape index (κ3) is 3.99. The number of hydrogen-bond donors (Lipinski definition) is 1. The highest BCUT2D eigenvalue weighted by molar-refractivity contribution is 5.46. The quantitative estimate of drug-likeness (QED) is 0.843. The van der Waals surface area contributed by atoms with Gasteiger partial charge >= 0.3 is 0 Å². The molecule has 0 aliphatic carbocycles. The summed E-state index contributed by atoms with van der Waals surface area (Å²) < 4.78 is 5.60. The summed E-state index contributed by atoms with van der Waals surface area (Å²) in [5, 5.41) is 10.6. The predicted octanol–water partition coefficient (Wildman–Crippen LogP) is 3.65. The molecule has 2 aromatic carbocycles. The first-order valence-electron chi connectivity index (χ1n) is 7.46. The maximum absolute atomic E-state index is 10.6. The molecule has 21 heavy (non-hydrogen) atoms. The number of likely N-dealkylation sites (N-methyl/N-ethyl adjacent to an activating group) is 1. The molecule has 0 saturated heterocycles. The second kappa shape index (κ2) is 7.70. The van der Waals surface area contributed by atoms with Gasteiger partial charge in [-0.2, -0.15) is 0 Å². The van der Waals surface area contributed by atoms with Gasteiger partial charge in [-0.15, -0.1) is 0 Å². The molecule has 0 spiro atoms. The van der Waals surface area contributed by atoms with Gasteiger partial charge in [-0.3, -0.25) is 0 Å². The van der Waals surface area contributed by atoms with E-state index in [1.165, 1.54) is 0 Å². The Morgan fingerprint density at radius 3 is 2.33 bits per heavy atom. The van der Waals surface area contributed by atoms with Crippen LogP contribution in [0.3, 0.4) is 0 Å². The number of rotatable bonds is 7. The first kappa shape index (κ1) is 15.4. The van der Waals surface area contributed by atoms with E-state index < -0.39 is 6.10 Å². The summed E-state index contributed by atoms with van der Waals surface area (Å²) in [6.07, 6.45) is -0.576. The highest BCUT2D eigenvalue weighted by Crippen LogP contribution is 2.27. The van der Waals surface area contributed by atoms with Crippen LogP contribution in [0.2, 0.25) is 0 Å². The summed E-state index contributed by atoms with van der Waals surface area (Å²) in [6.45, 7) is 6.03. The molecule has 2 rings (SSSR count). The second-order valence-electron chi connectivity index (χ2n) is 4.86. The first-order chi connectivity index (χ1) is 10.3. The van der Waals surface area contributed by atoms with Crippen LogP contribution in [0.25, 0.3) is 0 Å². The fourth-order valence-electron chi connectivity index (χ4n) is 2.41. The molecule has 2 aromatic rings. The van der Waals surface area contributed by atoms with E-state index in [9.17, 15) is 5.11 Å². The molecule has 3 nitrogen and oxygen atoms in total. The van der Waals surface area contributed by atoms with Gasteiger partial charge in [0.15, 0.2) is 0 Å². The van der Waals surface area contributed by atoms with Crippen LogP contribution in [0, 0.1) is 0 Å². The summed E-state index contributed by atoms with van der Waals surface area (Å²) >= 11 is 0. The minimum atomic E-state index is -0.576. The van der Waals surface area contributed by atoms with Crippen molar-refractivity contribution in [2.45, 2.75) is 20.0 Å². The molecule has 0 aliphatic rings. The molecular weight excluding hydrogens is 262 g/mol. The molecule has 112 valence electrons. The molecule has 0 aliphatic heterocycles. The SMILES string of the molecule is CCOc1ccccc1C(O)CN(CC)c1ccccc1. The van der Waals surface area contributed by atoms with E-state index in [1.54, 1.807) is 0 Å². The normalized spacial score (nSPS) is 12.0. The summed E-state index contributed by atoms with van der Waals surface area (Å²) in [5.41, 5.74) is 1.96. The lowest BCUT2D eigenvalue weighted by Gasteiger charge is -2.26. The van der Waals surface area contributed by atoms with E-state index in [0.717, 1.165) is 23.5 Å². The molecule has 0 saturated carbocycles.